The van der Waals surface area contributed by atoms with Gasteiger partial charge in [-0.15, -0.1) is 0 Å². The van der Waals surface area contributed by atoms with Crippen LogP contribution in [0, 0.1) is 0 Å². The molecule has 4 rings (SSSR count). The Morgan fingerprint density at radius 2 is 1.97 bits per heavy atom. The Morgan fingerprint density at radius 3 is 2.58 bits per heavy atom. The van der Waals surface area contributed by atoms with Crippen LogP contribution in [0.25, 0.3) is 0 Å². The zero-order chi connectivity index (χ0) is 22.4. The first-order valence-electron chi connectivity index (χ1n) is 9.54. The minimum absolute atomic E-state index is 0.0544. The van der Waals surface area contributed by atoms with Crippen LogP contribution in [-0.4, -0.2) is 64.4 Å². The van der Waals surface area contributed by atoms with Crippen molar-refractivity contribution in [2.75, 3.05) is 13.2 Å². The van der Waals surface area contributed by atoms with E-state index in [9.17, 15) is 18.0 Å². The molecule has 2 aliphatic heterocycles. The predicted octanol–water partition coefficient (Wildman–Crippen LogP) is 2.90. The number of aliphatic carboxylic acids is 1. The number of furan rings is 1. The molecule has 0 radical (unpaired) electrons. The van der Waals surface area contributed by atoms with Gasteiger partial charge in [0, 0.05) is 19.0 Å². The Labute approximate surface area is 175 Å². The van der Waals surface area contributed by atoms with Crippen molar-refractivity contribution in [3.8, 4) is 0 Å². The van der Waals surface area contributed by atoms with Crippen LogP contribution in [0.4, 0.5) is 13.2 Å². The summed E-state index contributed by atoms with van der Waals surface area (Å²) in [4.78, 5) is 27.4. The highest BCUT2D eigenvalue weighted by atomic mass is 19.4. The fourth-order valence-electron chi connectivity index (χ4n) is 3.51. The van der Waals surface area contributed by atoms with Crippen LogP contribution < -0.4 is 0 Å². The first kappa shape index (κ1) is 22.8. The summed E-state index contributed by atoms with van der Waals surface area (Å²) in [5.74, 6) is -2.47. The van der Waals surface area contributed by atoms with E-state index < -0.39 is 12.1 Å². The second-order valence-electron chi connectivity index (χ2n) is 6.99. The summed E-state index contributed by atoms with van der Waals surface area (Å²) in [7, 11) is 0. The van der Waals surface area contributed by atoms with Crippen molar-refractivity contribution >= 4 is 11.9 Å². The number of fused-ring (bicyclic) bond motifs is 1. The zero-order valence-electron chi connectivity index (χ0n) is 16.3. The van der Waals surface area contributed by atoms with Crippen molar-refractivity contribution in [1.82, 2.24) is 9.88 Å². The molecule has 0 bridgehead atoms. The Hall–Kier alpha value is -2.92. The molecule has 0 aromatic carbocycles. The number of hydrogen-bond donors (Lipinski definition) is 1. The van der Waals surface area contributed by atoms with Crippen LogP contribution in [0.5, 0.6) is 0 Å². The lowest BCUT2D eigenvalue weighted by Gasteiger charge is -2.31. The molecule has 1 amide bonds. The molecule has 0 aliphatic carbocycles. The van der Waals surface area contributed by atoms with E-state index in [1.807, 2.05) is 17.0 Å². The predicted molar refractivity (Wildman–Crippen MR) is 99.0 cm³/mol. The number of pyridine rings is 1. The number of alkyl halides is 3. The lowest BCUT2D eigenvalue weighted by Crippen LogP contribution is -2.43. The molecule has 0 spiro atoms. The molecule has 8 nitrogen and oxygen atoms in total. The fourth-order valence-corrected chi connectivity index (χ4v) is 3.51. The maximum absolute atomic E-state index is 12.7. The minimum atomic E-state index is -5.08. The zero-order valence-corrected chi connectivity index (χ0v) is 16.3. The van der Waals surface area contributed by atoms with Crippen LogP contribution in [0.1, 0.15) is 29.0 Å². The number of carbonyl (C=O) groups is 2. The van der Waals surface area contributed by atoms with Gasteiger partial charge in [-0.2, -0.15) is 13.2 Å². The molecule has 11 heteroatoms. The van der Waals surface area contributed by atoms with Crippen LogP contribution in [0.3, 0.4) is 0 Å². The smallest absolute Gasteiger partial charge is 0.475 e. The quantitative estimate of drug-likeness (QED) is 0.777. The topological polar surface area (TPSA) is 102 Å². The second-order valence-corrected chi connectivity index (χ2v) is 6.99. The van der Waals surface area contributed by atoms with E-state index >= 15 is 0 Å². The molecule has 0 unspecified atom stereocenters. The van der Waals surface area contributed by atoms with E-state index in [0.717, 1.165) is 25.0 Å². The summed E-state index contributed by atoms with van der Waals surface area (Å²) < 4.78 is 49.0. The Bertz CT molecular complexity index is 860. The molecule has 2 aromatic rings. The van der Waals surface area contributed by atoms with E-state index in [4.69, 9.17) is 23.8 Å². The van der Waals surface area contributed by atoms with Crippen LogP contribution in [-0.2, 0) is 20.9 Å². The first-order chi connectivity index (χ1) is 14.8. The molecular formula is C20H21F3N2O6. The number of rotatable bonds is 4. The lowest BCUT2D eigenvalue weighted by molar-refractivity contribution is -0.192. The molecule has 4 heterocycles. The number of hydrogen-bond acceptors (Lipinski definition) is 6. The number of halogens is 3. The van der Waals surface area contributed by atoms with E-state index in [0.29, 0.717) is 18.9 Å². The average molecular weight is 442 g/mol. The largest absolute Gasteiger partial charge is 0.490 e. The van der Waals surface area contributed by atoms with E-state index in [1.54, 1.807) is 24.5 Å². The third-order valence-corrected chi connectivity index (χ3v) is 4.93. The van der Waals surface area contributed by atoms with Gasteiger partial charge in [-0.1, -0.05) is 0 Å². The highest BCUT2D eigenvalue weighted by molar-refractivity contribution is 5.92. The molecule has 2 fully saturated rings. The summed E-state index contributed by atoms with van der Waals surface area (Å²) in [6.07, 6.45) is 1.64. The third-order valence-electron chi connectivity index (χ3n) is 4.93. The van der Waals surface area contributed by atoms with Gasteiger partial charge >= 0.3 is 12.1 Å². The van der Waals surface area contributed by atoms with E-state index in [-0.39, 0.29) is 24.2 Å². The van der Waals surface area contributed by atoms with Gasteiger partial charge < -0.3 is 23.9 Å². The van der Waals surface area contributed by atoms with Gasteiger partial charge in [-0.25, -0.2) is 4.79 Å². The number of carboxylic acids is 1. The summed E-state index contributed by atoms with van der Waals surface area (Å²) in [6.45, 7) is 1.74. The maximum atomic E-state index is 12.7. The van der Waals surface area contributed by atoms with Gasteiger partial charge in [0.2, 0.25) is 0 Å². The molecule has 2 saturated heterocycles. The normalized spacial score (nSPS) is 22.9. The number of ether oxygens (including phenoxy) is 2. The number of aromatic nitrogens is 1. The van der Waals surface area contributed by atoms with Gasteiger partial charge in [0.1, 0.15) is 12.2 Å². The molecular weight excluding hydrogens is 421 g/mol. The van der Waals surface area contributed by atoms with E-state index in [1.165, 1.54) is 6.26 Å². The molecule has 0 saturated carbocycles. The number of carboxylic acid groups (broad SMARTS) is 1. The summed E-state index contributed by atoms with van der Waals surface area (Å²) in [5.41, 5.74) is 1.06. The molecule has 168 valence electrons. The SMILES string of the molecule is O=C(O)C(F)(F)F.O=C(c1ccco1)N1C[C@@H](OCc2ccncc2)[C@@H]2OCCC[C@@H]21. The van der Waals surface area contributed by atoms with Gasteiger partial charge in [0.05, 0.1) is 25.5 Å². The molecule has 2 aliphatic rings. The van der Waals surface area contributed by atoms with E-state index in [2.05, 4.69) is 4.98 Å². The van der Waals surface area contributed by atoms with Crippen molar-refractivity contribution in [2.45, 2.75) is 43.9 Å². The van der Waals surface area contributed by atoms with Crippen molar-refractivity contribution < 1.29 is 41.8 Å². The summed E-state index contributed by atoms with van der Waals surface area (Å²) in [6, 6.07) is 7.35. The van der Waals surface area contributed by atoms with Crippen molar-refractivity contribution in [3.63, 3.8) is 0 Å². The standard InChI is InChI=1S/C18H20N2O4.C2HF3O2/c21-18(15-4-2-9-22-15)20-11-16(17-14(20)3-1-10-23-17)24-12-13-5-7-19-8-6-13;3-2(4,5)1(6)7/h2,4-9,14,16-17H,1,3,10-12H2;(H,6,7)/t14-,16+,17+;/m0./s1. The van der Waals surface area contributed by atoms with Crippen molar-refractivity contribution in [1.29, 1.82) is 0 Å². The monoisotopic (exact) mass is 442 g/mol. The first-order valence-corrected chi connectivity index (χ1v) is 9.54. The second kappa shape index (κ2) is 9.92. The Morgan fingerprint density at radius 1 is 1.26 bits per heavy atom. The van der Waals surface area contributed by atoms with Gasteiger partial charge in [0.25, 0.3) is 5.91 Å². The lowest BCUT2D eigenvalue weighted by atomic mass is 10.0. The number of amides is 1. The summed E-state index contributed by atoms with van der Waals surface area (Å²) in [5, 5.41) is 7.12. The van der Waals surface area contributed by atoms with Crippen molar-refractivity contribution in [3.05, 3.63) is 54.2 Å². The molecule has 1 N–H and O–H groups in total. The average Bonchev–Trinajstić information content (AvgIpc) is 3.41. The number of nitrogens with zero attached hydrogens (tertiary/aromatic N) is 2. The van der Waals surface area contributed by atoms with Gasteiger partial charge in [0.15, 0.2) is 5.76 Å². The molecule has 2 aromatic heterocycles. The summed E-state index contributed by atoms with van der Waals surface area (Å²) >= 11 is 0. The Balaban J connectivity index is 0.000000339. The highest BCUT2D eigenvalue weighted by Gasteiger charge is 2.47. The van der Waals surface area contributed by atoms with Gasteiger partial charge in [-0.3, -0.25) is 9.78 Å². The van der Waals surface area contributed by atoms with Crippen LogP contribution >= 0.6 is 0 Å². The molecule has 31 heavy (non-hydrogen) atoms. The molecule has 3 atom stereocenters. The van der Waals surface area contributed by atoms with Gasteiger partial charge in [-0.05, 0) is 42.7 Å². The minimum Gasteiger partial charge on any atom is -0.475 e. The van der Waals surface area contributed by atoms with Crippen LogP contribution in [0.2, 0.25) is 0 Å². The Kier molecular flexibility index (Phi) is 7.29. The maximum Gasteiger partial charge on any atom is 0.490 e. The number of carbonyl (C=O) groups excluding carboxylic acids is 1. The fraction of sp³-hybridized carbons (Fsp3) is 0.450. The van der Waals surface area contributed by atoms with Crippen molar-refractivity contribution in [2.24, 2.45) is 0 Å². The van der Waals surface area contributed by atoms with Crippen LogP contribution in [0.15, 0.2) is 47.3 Å². The number of likely N-dealkylation sites (tertiary alicyclic amines) is 1. The third kappa shape index (κ3) is 5.82. The highest BCUT2D eigenvalue weighted by Crippen LogP contribution is 2.32.